The van der Waals surface area contributed by atoms with Crippen LogP contribution in [0.1, 0.15) is 37.8 Å². The fraction of sp³-hybridized carbons (Fsp3) is 0.600. The molecular weight excluding hydrogens is 274 g/mol. The minimum atomic E-state index is -3.08. The van der Waals surface area contributed by atoms with Gasteiger partial charge in [-0.25, -0.2) is 8.42 Å². The molecule has 0 aliphatic carbocycles. The van der Waals surface area contributed by atoms with Crippen molar-refractivity contribution < 1.29 is 13.2 Å². The fourth-order valence-corrected chi connectivity index (χ4v) is 4.12. The van der Waals surface area contributed by atoms with Crippen molar-refractivity contribution in [3.8, 4) is 0 Å². The summed E-state index contributed by atoms with van der Waals surface area (Å²) in [4.78, 5) is 0.492. The van der Waals surface area contributed by atoms with Crippen LogP contribution < -0.4 is 5.32 Å². The van der Waals surface area contributed by atoms with Crippen LogP contribution in [0.5, 0.6) is 0 Å². The lowest BCUT2D eigenvalue weighted by atomic mass is 10.0. The van der Waals surface area contributed by atoms with Crippen LogP contribution in [0.3, 0.4) is 0 Å². The molecule has 1 aromatic carbocycles. The molecule has 0 saturated carbocycles. The predicted molar refractivity (Wildman–Crippen MR) is 79.6 cm³/mol. The number of hydrogen-bond donors (Lipinski definition) is 1. The second-order valence-electron chi connectivity index (χ2n) is 5.12. The third-order valence-corrected chi connectivity index (χ3v) is 5.32. The summed E-state index contributed by atoms with van der Waals surface area (Å²) in [6.45, 7) is 4.51. The zero-order valence-electron chi connectivity index (χ0n) is 12.0. The van der Waals surface area contributed by atoms with Gasteiger partial charge in [-0.05, 0) is 37.4 Å². The molecule has 1 aromatic rings. The Bertz CT molecular complexity index is 528. The number of benzene rings is 1. The van der Waals surface area contributed by atoms with Gasteiger partial charge in [0.1, 0.15) is 0 Å². The van der Waals surface area contributed by atoms with Gasteiger partial charge in [-0.15, -0.1) is 0 Å². The maximum atomic E-state index is 12.0. The molecule has 0 amide bonds. The van der Waals surface area contributed by atoms with E-state index in [1.165, 1.54) is 0 Å². The highest BCUT2D eigenvalue weighted by Crippen LogP contribution is 2.31. The lowest BCUT2D eigenvalue weighted by Gasteiger charge is -2.26. The van der Waals surface area contributed by atoms with E-state index in [1.807, 2.05) is 12.1 Å². The van der Waals surface area contributed by atoms with E-state index in [-0.39, 0.29) is 11.8 Å². The van der Waals surface area contributed by atoms with Crippen molar-refractivity contribution in [1.82, 2.24) is 5.32 Å². The Labute approximate surface area is 121 Å². The van der Waals surface area contributed by atoms with Gasteiger partial charge in [0, 0.05) is 19.3 Å². The van der Waals surface area contributed by atoms with Crippen LogP contribution in [0.4, 0.5) is 0 Å². The summed E-state index contributed by atoms with van der Waals surface area (Å²) in [7, 11) is -3.08. The van der Waals surface area contributed by atoms with E-state index >= 15 is 0 Å². The molecule has 0 spiro atoms. The molecule has 1 aliphatic rings. The van der Waals surface area contributed by atoms with Crippen LogP contribution in [-0.4, -0.2) is 33.9 Å². The minimum absolute atomic E-state index is 0.140. The van der Waals surface area contributed by atoms with Gasteiger partial charge in [0.2, 0.25) is 0 Å². The van der Waals surface area contributed by atoms with Gasteiger partial charge in [0.05, 0.1) is 10.6 Å². The molecule has 0 bridgehead atoms. The maximum Gasteiger partial charge on any atom is 0.178 e. The molecule has 1 heterocycles. The zero-order chi connectivity index (χ0) is 14.4. The van der Waals surface area contributed by atoms with E-state index in [0.717, 1.165) is 38.2 Å². The monoisotopic (exact) mass is 297 g/mol. The van der Waals surface area contributed by atoms with Crippen LogP contribution in [0.25, 0.3) is 0 Å². The first-order valence-corrected chi connectivity index (χ1v) is 8.93. The first-order chi connectivity index (χ1) is 9.65. The van der Waals surface area contributed by atoms with E-state index in [4.69, 9.17) is 4.74 Å². The maximum absolute atomic E-state index is 12.0. The highest BCUT2D eigenvalue weighted by molar-refractivity contribution is 7.91. The molecule has 0 aromatic heterocycles. The number of fused-ring (bicyclic) bond motifs is 1. The van der Waals surface area contributed by atoms with E-state index in [0.29, 0.717) is 11.3 Å². The molecule has 112 valence electrons. The molecule has 0 saturated heterocycles. The number of ether oxygens (including phenoxy) is 1. The molecule has 0 radical (unpaired) electrons. The molecule has 1 aliphatic heterocycles. The Kier molecular flexibility index (Phi) is 5.57. The van der Waals surface area contributed by atoms with Gasteiger partial charge in [-0.1, -0.05) is 25.1 Å². The first-order valence-electron chi connectivity index (χ1n) is 7.28. The summed E-state index contributed by atoms with van der Waals surface area (Å²) < 4.78 is 29.5. The van der Waals surface area contributed by atoms with Gasteiger partial charge < -0.3 is 10.1 Å². The van der Waals surface area contributed by atoms with E-state index in [1.54, 1.807) is 12.1 Å². The molecule has 1 unspecified atom stereocenters. The molecule has 1 N–H and O–H groups in total. The SMILES string of the molecule is CCCOCCCNC1CCS(=O)(=O)c2ccccc21. The van der Waals surface area contributed by atoms with Gasteiger partial charge in [0.25, 0.3) is 0 Å². The summed E-state index contributed by atoms with van der Waals surface area (Å²) in [6, 6.07) is 7.46. The van der Waals surface area contributed by atoms with Crippen LogP contribution >= 0.6 is 0 Å². The summed E-state index contributed by atoms with van der Waals surface area (Å²) >= 11 is 0. The fourth-order valence-electron chi connectivity index (χ4n) is 2.50. The Morgan fingerprint density at radius 3 is 2.90 bits per heavy atom. The second kappa shape index (κ2) is 7.20. The quantitative estimate of drug-likeness (QED) is 0.785. The van der Waals surface area contributed by atoms with Gasteiger partial charge >= 0.3 is 0 Å². The largest absolute Gasteiger partial charge is 0.381 e. The second-order valence-corrected chi connectivity index (χ2v) is 7.20. The molecule has 0 fully saturated rings. The van der Waals surface area contributed by atoms with E-state index < -0.39 is 9.84 Å². The van der Waals surface area contributed by atoms with Crippen LogP contribution in [0.2, 0.25) is 0 Å². The molecule has 4 nitrogen and oxygen atoms in total. The van der Waals surface area contributed by atoms with Gasteiger partial charge in [0.15, 0.2) is 9.84 Å². The standard InChI is InChI=1S/C15H23NO3S/c1-2-10-19-11-5-9-16-14-8-12-20(17,18)15-7-4-3-6-13(14)15/h3-4,6-7,14,16H,2,5,8-12H2,1H3. The Hall–Kier alpha value is -0.910. The summed E-state index contributed by atoms with van der Waals surface area (Å²) in [5.41, 5.74) is 0.910. The molecule has 5 heteroatoms. The number of sulfone groups is 1. The number of hydrogen-bond acceptors (Lipinski definition) is 4. The first kappa shape index (κ1) is 15.5. The van der Waals surface area contributed by atoms with E-state index in [2.05, 4.69) is 12.2 Å². The smallest absolute Gasteiger partial charge is 0.178 e. The van der Waals surface area contributed by atoms with Crippen molar-refractivity contribution in [2.45, 2.75) is 37.1 Å². The van der Waals surface area contributed by atoms with Crippen LogP contribution in [-0.2, 0) is 14.6 Å². The molecular formula is C15H23NO3S. The van der Waals surface area contributed by atoms with Crippen molar-refractivity contribution in [3.63, 3.8) is 0 Å². The topological polar surface area (TPSA) is 55.4 Å². The summed E-state index contributed by atoms with van der Waals surface area (Å²) in [6.07, 6.45) is 2.64. The highest BCUT2D eigenvalue weighted by atomic mass is 32.2. The Balaban J connectivity index is 1.91. The van der Waals surface area contributed by atoms with Crippen molar-refractivity contribution >= 4 is 9.84 Å². The van der Waals surface area contributed by atoms with Crippen molar-refractivity contribution in [2.75, 3.05) is 25.5 Å². The molecule has 1 atom stereocenters. The van der Waals surface area contributed by atoms with Crippen molar-refractivity contribution in [2.24, 2.45) is 0 Å². The predicted octanol–water partition coefficient (Wildman–Crippen LogP) is 2.31. The van der Waals surface area contributed by atoms with Gasteiger partial charge in [-0.3, -0.25) is 0 Å². The average molecular weight is 297 g/mol. The van der Waals surface area contributed by atoms with Crippen molar-refractivity contribution in [3.05, 3.63) is 29.8 Å². The lowest BCUT2D eigenvalue weighted by Crippen LogP contribution is -2.30. The number of nitrogens with one attached hydrogen (secondary N) is 1. The normalized spacial score (nSPS) is 20.6. The van der Waals surface area contributed by atoms with Crippen LogP contribution in [0.15, 0.2) is 29.2 Å². The van der Waals surface area contributed by atoms with Crippen LogP contribution in [0, 0.1) is 0 Å². The summed E-state index contributed by atoms with van der Waals surface area (Å²) in [5.74, 6) is 0.230. The minimum Gasteiger partial charge on any atom is -0.381 e. The third-order valence-electron chi connectivity index (χ3n) is 3.51. The third kappa shape index (κ3) is 3.81. The lowest BCUT2D eigenvalue weighted by molar-refractivity contribution is 0.131. The number of rotatable bonds is 7. The zero-order valence-corrected chi connectivity index (χ0v) is 12.8. The Morgan fingerprint density at radius 2 is 2.10 bits per heavy atom. The summed E-state index contributed by atoms with van der Waals surface area (Å²) in [5, 5.41) is 3.45. The highest BCUT2D eigenvalue weighted by Gasteiger charge is 2.29. The molecule has 2 rings (SSSR count). The van der Waals surface area contributed by atoms with Gasteiger partial charge in [-0.2, -0.15) is 0 Å². The molecule has 20 heavy (non-hydrogen) atoms. The Morgan fingerprint density at radius 1 is 1.30 bits per heavy atom. The average Bonchev–Trinajstić information content (AvgIpc) is 2.45. The van der Waals surface area contributed by atoms with Crippen molar-refractivity contribution in [1.29, 1.82) is 0 Å². The van der Waals surface area contributed by atoms with E-state index in [9.17, 15) is 8.42 Å².